The molecule has 16 heavy (non-hydrogen) atoms. The highest BCUT2D eigenvalue weighted by molar-refractivity contribution is 14.1. The third-order valence-corrected chi connectivity index (χ3v) is 3.57. The molecular formula is C12H15IN2O. The molecule has 0 N–H and O–H groups in total. The van der Waals surface area contributed by atoms with Gasteiger partial charge in [0.05, 0.1) is 6.54 Å². The highest BCUT2D eigenvalue weighted by atomic mass is 127. The van der Waals surface area contributed by atoms with Crippen molar-refractivity contribution in [3.63, 3.8) is 0 Å². The molecule has 4 heteroatoms. The Morgan fingerprint density at radius 3 is 2.56 bits per heavy atom. The summed E-state index contributed by atoms with van der Waals surface area (Å²) in [6.45, 7) is 3.22. The maximum atomic E-state index is 11.5. The number of carbonyl (C=O) groups is 1. The fourth-order valence-electron chi connectivity index (χ4n) is 1.79. The first-order chi connectivity index (χ1) is 7.65. The molecule has 2 rings (SSSR count). The Morgan fingerprint density at radius 2 is 1.94 bits per heavy atom. The van der Waals surface area contributed by atoms with E-state index < -0.39 is 0 Å². The number of hydrogen-bond acceptors (Lipinski definition) is 2. The molecule has 1 saturated heterocycles. The van der Waals surface area contributed by atoms with Gasteiger partial charge in [-0.1, -0.05) is 12.1 Å². The lowest BCUT2D eigenvalue weighted by Crippen LogP contribution is -2.47. The van der Waals surface area contributed by atoms with Crippen LogP contribution >= 0.6 is 22.6 Å². The summed E-state index contributed by atoms with van der Waals surface area (Å²) in [5.74, 6) is 0.219. The minimum absolute atomic E-state index is 0.219. The van der Waals surface area contributed by atoms with Gasteiger partial charge in [0.15, 0.2) is 0 Å². The predicted molar refractivity (Wildman–Crippen MR) is 72.1 cm³/mol. The summed E-state index contributed by atoms with van der Waals surface area (Å²) in [7, 11) is 1.87. The van der Waals surface area contributed by atoms with Crippen molar-refractivity contribution in [1.82, 2.24) is 9.80 Å². The first-order valence-corrected chi connectivity index (χ1v) is 6.44. The molecule has 0 saturated carbocycles. The minimum Gasteiger partial charge on any atom is -0.343 e. The van der Waals surface area contributed by atoms with Crippen LogP contribution in [0.5, 0.6) is 0 Å². The van der Waals surface area contributed by atoms with E-state index in [0.717, 1.165) is 19.6 Å². The van der Waals surface area contributed by atoms with E-state index in [1.165, 1.54) is 9.13 Å². The zero-order valence-electron chi connectivity index (χ0n) is 9.32. The Labute approximate surface area is 110 Å². The van der Waals surface area contributed by atoms with E-state index in [1.807, 2.05) is 7.05 Å². The second-order valence-corrected chi connectivity index (χ2v) is 5.40. The summed E-state index contributed by atoms with van der Waals surface area (Å²) in [4.78, 5) is 15.5. The molecule has 3 nitrogen and oxygen atoms in total. The van der Waals surface area contributed by atoms with E-state index >= 15 is 0 Å². The standard InChI is InChI=1S/C12H15IN2O/c1-14-6-7-15(9-12(14)16)8-10-2-4-11(13)5-3-10/h2-5H,6-9H2,1H3. The van der Waals surface area contributed by atoms with Crippen molar-refractivity contribution in [3.8, 4) is 0 Å². The van der Waals surface area contributed by atoms with Crippen molar-refractivity contribution >= 4 is 28.5 Å². The van der Waals surface area contributed by atoms with E-state index in [0.29, 0.717) is 6.54 Å². The highest BCUT2D eigenvalue weighted by Gasteiger charge is 2.20. The third kappa shape index (κ3) is 2.95. The Kier molecular flexibility index (Phi) is 3.81. The molecule has 86 valence electrons. The van der Waals surface area contributed by atoms with Gasteiger partial charge in [-0.05, 0) is 40.3 Å². The summed E-state index contributed by atoms with van der Waals surface area (Å²) in [5, 5.41) is 0. The second-order valence-electron chi connectivity index (χ2n) is 4.15. The largest absolute Gasteiger partial charge is 0.343 e. The number of benzene rings is 1. The van der Waals surface area contributed by atoms with Crippen LogP contribution < -0.4 is 0 Å². The molecule has 0 aliphatic carbocycles. The van der Waals surface area contributed by atoms with Crippen LogP contribution in [0.25, 0.3) is 0 Å². The molecule has 0 aromatic heterocycles. The van der Waals surface area contributed by atoms with Crippen molar-refractivity contribution in [3.05, 3.63) is 33.4 Å². The van der Waals surface area contributed by atoms with Gasteiger partial charge < -0.3 is 4.90 Å². The molecule has 0 unspecified atom stereocenters. The molecule has 1 aromatic rings. The number of piperazine rings is 1. The molecule has 1 aromatic carbocycles. The van der Waals surface area contributed by atoms with Gasteiger partial charge in [-0.3, -0.25) is 9.69 Å². The second kappa shape index (κ2) is 5.14. The van der Waals surface area contributed by atoms with E-state index in [9.17, 15) is 4.79 Å². The van der Waals surface area contributed by atoms with Gasteiger partial charge in [0, 0.05) is 30.3 Å². The molecule has 0 spiro atoms. The van der Waals surface area contributed by atoms with Crippen molar-refractivity contribution in [2.45, 2.75) is 6.54 Å². The Balaban J connectivity index is 1.95. The molecule has 1 heterocycles. The Morgan fingerprint density at radius 1 is 1.25 bits per heavy atom. The number of rotatable bonds is 2. The smallest absolute Gasteiger partial charge is 0.236 e. The quantitative estimate of drug-likeness (QED) is 0.769. The summed E-state index contributed by atoms with van der Waals surface area (Å²) in [6.07, 6.45) is 0. The van der Waals surface area contributed by atoms with Crippen LogP contribution in [0, 0.1) is 3.57 Å². The number of nitrogens with zero attached hydrogens (tertiary/aromatic N) is 2. The lowest BCUT2D eigenvalue weighted by Gasteiger charge is -2.31. The zero-order chi connectivity index (χ0) is 11.5. The number of halogens is 1. The van der Waals surface area contributed by atoms with Crippen molar-refractivity contribution < 1.29 is 4.79 Å². The van der Waals surface area contributed by atoms with Gasteiger partial charge in [0.2, 0.25) is 5.91 Å². The fourth-order valence-corrected chi connectivity index (χ4v) is 2.15. The number of carbonyl (C=O) groups excluding carboxylic acids is 1. The summed E-state index contributed by atoms with van der Waals surface area (Å²) in [6, 6.07) is 8.47. The van der Waals surface area contributed by atoms with Gasteiger partial charge in [-0.2, -0.15) is 0 Å². The van der Waals surface area contributed by atoms with Crippen molar-refractivity contribution in [2.75, 3.05) is 26.7 Å². The van der Waals surface area contributed by atoms with Crippen molar-refractivity contribution in [2.24, 2.45) is 0 Å². The van der Waals surface area contributed by atoms with Crippen molar-refractivity contribution in [1.29, 1.82) is 0 Å². The van der Waals surface area contributed by atoms with Crippen LogP contribution in [0.4, 0.5) is 0 Å². The zero-order valence-corrected chi connectivity index (χ0v) is 11.5. The lowest BCUT2D eigenvalue weighted by molar-refractivity contribution is -0.134. The maximum Gasteiger partial charge on any atom is 0.236 e. The summed E-state index contributed by atoms with van der Waals surface area (Å²) in [5.41, 5.74) is 1.28. The average molecular weight is 330 g/mol. The number of hydrogen-bond donors (Lipinski definition) is 0. The van der Waals surface area contributed by atoms with E-state index in [4.69, 9.17) is 0 Å². The van der Waals surface area contributed by atoms with Gasteiger partial charge in [0.1, 0.15) is 0 Å². The van der Waals surface area contributed by atoms with E-state index in [-0.39, 0.29) is 5.91 Å². The van der Waals surface area contributed by atoms with Crippen LogP contribution in [-0.2, 0) is 11.3 Å². The van der Waals surface area contributed by atoms with Gasteiger partial charge in [-0.25, -0.2) is 0 Å². The highest BCUT2D eigenvalue weighted by Crippen LogP contribution is 2.11. The normalized spacial score (nSPS) is 17.9. The third-order valence-electron chi connectivity index (χ3n) is 2.86. The van der Waals surface area contributed by atoms with Crippen LogP contribution in [0.3, 0.4) is 0 Å². The summed E-state index contributed by atoms with van der Waals surface area (Å²) >= 11 is 2.30. The first-order valence-electron chi connectivity index (χ1n) is 5.36. The predicted octanol–water partition coefficient (Wildman–Crippen LogP) is 1.57. The molecule has 0 radical (unpaired) electrons. The SMILES string of the molecule is CN1CCN(Cc2ccc(I)cc2)CC1=O. The van der Waals surface area contributed by atoms with Gasteiger partial charge in [-0.15, -0.1) is 0 Å². The van der Waals surface area contributed by atoms with Gasteiger partial charge >= 0.3 is 0 Å². The topological polar surface area (TPSA) is 23.6 Å². The monoisotopic (exact) mass is 330 g/mol. The van der Waals surface area contributed by atoms with Crippen LogP contribution in [0.15, 0.2) is 24.3 Å². The van der Waals surface area contributed by atoms with Crippen LogP contribution in [0.2, 0.25) is 0 Å². The molecular weight excluding hydrogens is 315 g/mol. The number of amides is 1. The molecule has 1 aliphatic rings. The van der Waals surface area contributed by atoms with E-state index in [1.54, 1.807) is 4.90 Å². The van der Waals surface area contributed by atoms with Crippen LogP contribution in [0.1, 0.15) is 5.56 Å². The minimum atomic E-state index is 0.219. The Bertz CT molecular complexity index is 377. The maximum absolute atomic E-state index is 11.5. The first kappa shape index (κ1) is 11.9. The molecule has 1 fully saturated rings. The fraction of sp³-hybridized carbons (Fsp3) is 0.417. The molecule has 0 atom stereocenters. The average Bonchev–Trinajstić information content (AvgIpc) is 2.27. The molecule has 0 bridgehead atoms. The summed E-state index contributed by atoms with van der Waals surface area (Å²) < 4.78 is 1.25. The van der Waals surface area contributed by atoms with Gasteiger partial charge in [0.25, 0.3) is 0 Å². The molecule has 1 amide bonds. The number of likely N-dealkylation sites (N-methyl/N-ethyl adjacent to an activating group) is 1. The molecule has 1 aliphatic heterocycles. The van der Waals surface area contributed by atoms with Crippen LogP contribution in [-0.4, -0.2) is 42.4 Å². The Hall–Kier alpha value is -0.620. The van der Waals surface area contributed by atoms with E-state index in [2.05, 4.69) is 51.8 Å². The lowest BCUT2D eigenvalue weighted by atomic mass is 10.2.